The van der Waals surface area contributed by atoms with Crippen LogP contribution >= 0.6 is 0 Å². The molecular weight excluding hydrogens is 346 g/mol. The van der Waals surface area contributed by atoms with Crippen LogP contribution in [0.3, 0.4) is 0 Å². The molecule has 0 aromatic carbocycles. The molecule has 0 spiro atoms. The molecule has 0 unspecified atom stereocenters. The van der Waals surface area contributed by atoms with Gasteiger partial charge >= 0.3 is 0 Å². The van der Waals surface area contributed by atoms with E-state index in [0.29, 0.717) is 25.5 Å². The molecule has 4 heterocycles. The van der Waals surface area contributed by atoms with Crippen molar-refractivity contribution in [1.29, 1.82) is 0 Å². The molecule has 0 radical (unpaired) electrons. The van der Waals surface area contributed by atoms with Gasteiger partial charge in [0.05, 0.1) is 31.5 Å². The van der Waals surface area contributed by atoms with Crippen molar-refractivity contribution in [2.75, 3.05) is 46.4 Å². The number of likely N-dealkylation sites (N-methyl/N-ethyl adjacent to an activating group) is 1. The van der Waals surface area contributed by atoms with Crippen molar-refractivity contribution >= 4 is 5.91 Å². The fourth-order valence-electron chi connectivity index (χ4n) is 3.72. The first kappa shape index (κ1) is 18.2. The number of fused-ring (bicyclic) bond motifs is 1. The molecule has 2 aliphatic heterocycles. The van der Waals surface area contributed by atoms with Crippen LogP contribution in [-0.2, 0) is 17.8 Å². The zero-order valence-electron chi connectivity index (χ0n) is 16.0. The summed E-state index contributed by atoms with van der Waals surface area (Å²) < 4.78 is 13.3. The minimum absolute atomic E-state index is 0.00470. The summed E-state index contributed by atoms with van der Waals surface area (Å²) in [6, 6.07) is 5.85. The highest BCUT2D eigenvalue weighted by molar-refractivity contribution is 5.92. The van der Waals surface area contributed by atoms with E-state index in [4.69, 9.17) is 9.15 Å². The van der Waals surface area contributed by atoms with Crippen LogP contribution in [0.4, 0.5) is 0 Å². The SMILES string of the molecule is Cc1ccc([C@@H](CNC(=O)c2cc3n(n2)CCN(C)C3)N2CCOCC2)o1. The first-order valence-corrected chi connectivity index (χ1v) is 9.52. The van der Waals surface area contributed by atoms with Crippen LogP contribution in [-0.4, -0.2) is 71.9 Å². The third kappa shape index (κ3) is 4.07. The van der Waals surface area contributed by atoms with Crippen molar-refractivity contribution in [3.05, 3.63) is 41.1 Å². The van der Waals surface area contributed by atoms with Crippen LogP contribution in [0.15, 0.2) is 22.6 Å². The van der Waals surface area contributed by atoms with Gasteiger partial charge in [0.1, 0.15) is 17.2 Å². The van der Waals surface area contributed by atoms with Gasteiger partial charge in [-0.3, -0.25) is 19.3 Å². The predicted molar refractivity (Wildman–Crippen MR) is 99.5 cm³/mol. The lowest BCUT2D eigenvalue weighted by atomic mass is 10.1. The molecule has 0 saturated carbocycles. The largest absolute Gasteiger partial charge is 0.465 e. The van der Waals surface area contributed by atoms with E-state index in [1.165, 1.54) is 0 Å². The minimum atomic E-state index is -0.138. The number of aryl methyl sites for hydroxylation is 1. The Morgan fingerprint density at radius 3 is 2.81 bits per heavy atom. The average molecular weight is 373 g/mol. The lowest BCUT2D eigenvalue weighted by Gasteiger charge is -2.33. The topological polar surface area (TPSA) is 75.8 Å². The number of carbonyl (C=O) groups excluding carboxylic acids is 1. The number of amides is 1. The normalized spacial score (nSPS) is 19.6. The summed E-state index contributed by atoms with van der Waals surface area (Å²) in [5.74, 6) is 1.61. The van der Waals surface area contributed by atoms with E-state index >= 15 is 0 Å². The number of rotatable bonds is 5. The molecule has 1 fully saturated rings. The molecule has 146 valence electrons. The van der Waals surface area contributed by atoms with Crippen LogP contribution in [0.1, 0.15) is 33.7 Å². The number of nitrogens with zero attached hydrogens (tertiary/aromatic N) is 4. The van der Waals surface area contributed by atoms with Crippen molar-refractivity contribution in [3.63, 3.8) is 0 Å². The number of hydrogen-bond donors (Lipinski definition) is 1. The molecule has 2 aromatic heterocycles. The van der Waals surface area contributed by atoms with Gasteiger partial charge in [0.15, 0.2) is 0 Å². The molecule has 0 aliphatic carbocycles. The molecule has 1 N–H and O–H groups in total. The molecule has 1 saturated heterocycles. The van der Waals surface area contributed by atoms with Gasteiger partial charge in [-0.05, 0) is 32.2 Å². The molecule has 4 rings (SSSR count). The summed E-state index contributed by atoms with van der Waals surface area (Å²) in [5, 5.41) is 7.53. The maximum Gasteiger partial charge on any atom is 0.271 e. The molecule has 1 atom stereocenters. The number of ether oxygens (including phenoxy) is 1. The van der Waals surface area contributed by atoms with Crippen molar-refractivity contribution < 1.29 is 13.9 Å². The monoisotopic (exact) mass is 373 g/mol. The summed E-state index contributed by atoms with van der Waals surface area (Å²) in [7, 11) is 2.08. The maximum absolute atomic E-state index is 12.7. The molecule has 2 aliphatic rings. The highest BCUT2D eigenvalue weighted by atomic mass is 16.5. The molecule has 0 bridgehead atoms. The Morgan fingerprint density at radius 1 is 1.26 bits per heavy atom. The van der Waals surface area contributed by atoms with Gasteiger partial charge in [-0.1, -0.05) is 0 Å². The minimum Gasteiger partial charge on any atom is -0.465 e. The van der Waals surface area contributed by atoms with E-state index in [-0.39, 0.29) is 11.9 Å². The quantitative estimate of drug-likeness (QED) is 0.844. The second-order valence-corrected chi connectivity index (χ2v) is 7.30. The summed E-state index contributed by atoms with van der Waals surface area (Å²) in [4.78, 5) is 17.2. The van der Waals surface area contributed by atoms with Crippen LogP contribution in [0.25, 0.3) is 0 Å². The van der Waals surface area contributed by atoms with Gasteiger partial charge in [-0.2, -0.15) is 5.10 Å². The number of hydrogen-bond acceptors (Lipinski definition) is 6. The zero-order chi connectivity index (χ0) is 18.8. The molecule has 27 heavy (non-hydrogen) atoms. The summed E-state index contributed by atoms with van der Waals surface area (Å²) in [6.45, 7) is 8.06. The predicted octanol–water partition coefficient (Wildman–Crippen LogP) is 1.03. The van der Waals surface area contributed by atoms with Crippen LogP contribution < -0.4 is 5.32 Å². The second-order valence-electron chi connectivity index (χ2n) is 7.30. The molecule has 8 nitrogen and oxygen atoms in total. The Morgan fingerprint density at radius 2 is 2.07 bits per heavy atom. The van der Waals surface area contributed by atoms with Crippen molar-refractivity contribution in [1.82, 2.24) is 24.9 Å². The fourth-order valence-corrected chi connectivity index (χ4v) is 3.72. The molecule has 1 amide bonds. The Hall–Kier alpha value is -2.16. The molecule has 2 aromatic rings. The highest BCUT2D eigenvalue weighted by Gasteiger charge is 2.26. The molecular formula is C19H27N5O3. The number of furan rings is 1. The van der Waals surface area contributed by atoms with E-state index < -0.39 is 0 Å². The second kappa shape index (κ2) is 7.84. The summed E-state index contributed by atoms with van der Waals surface area (Å²) in [5.41, 5.74) is 1.57. The van der Waals surface area contributed by atoms with E-state index in [9.17, 15) is 4.79 Å². The van der Waals surface area contributed by atoms with Crippen molar-refractivity contribution in [2.45, 2.75) is 26.1 Å². The van der Waals surface area contributed by atoms with Crippen molar-refractivity contribution in [3.8, 4) is 0 Å². The number of aromatic nitrogens is 2. The Balaban J connectivity index is 1.44. The number of carbonyl (C=O) groups is 1. The van der Waals surface area contributed by atoms with Gasteiger partial charge in [0.25, 0.3) is 5.91 Å². The summed E-state index contributed by atoms with van der Waals surface area (Å²) >= 11 is 0. The Kier molecular flexibility index (Phi) is 5.29. The van der Waals surface area contributed by atoms with Gasteiger partial charge in [-0.15, -0.1) is 0 Å². The van der Waals surface area contributed by atoms with E-state index in [1.54, 1.807) is 0 Å². The van der Waals surface area contributed by atoms with Gasteiger partial charge in [0.2, 0.25) is 0 Å². The van der Waals surface area contributed by atoms with E-state index in [2.05, 4.69) is 27.3 Å². The number of morpholine rings is 1. The highest BCUT2D eigenvalue weighted by Crippen LogP contribution is 2.23. The summed E-state index contributed by atoms with van der Waals surface area (Å²) in [6.07, 6.45) is 0. The van der Waals surface area contributed by atoms with Crippen LogP contribution in [0, 0.1) is 6.92 Å². The lowest BCUT2D eigenvalue weighted by molar-refractivity contribution is 0.0116. The number of nitrogens with one attached hydrogen (secondary N) is 1. The maximum atomic E-state index is 12.7. The first-order chi connectivity index (χ1) is 13.1. The lowest BCUT2D eigenvalue weighted by Crippen LogP contribution is -2.43. The molecule has 8 heteroatoms. The average Bonchev–Trinajstić information content (AvgIpc) is 3.28. The van der Waals surface area contributed by atoms with Crippen molar-refractivity contribution in [2.24, 2.45) is 0 Å². The van der Waals surface area contributed by atoms with Gasteiger partial charge < -0.3 is 14.5 Å². The van der Waals surface area contributed by atoms with E-state index in [1.807, 2.05) is 29.8 Å². The standard InChI is InChI=1S/C19H27N5O3/c1-14-3-4-18(27-14)17(23-7-9-26-10-8-23)12-20-19(25)16-11-15-13-22(2)5-6-24(15)21-16/h3-4,11,17H,5-10,12-13H2,1-2H3,(H,20,25)/t17-/m1/s1. The van der Waals surface area contributed by atoms with Crippen LogP contribution in [0.2, 0.25) is 0 Å². The Labute approximate surface area is 159 Å². The first-order valence-electron chi connectivity index (χ1n) is 9.52. The van der Waals surface area contributed by atoms with Crippen LogP contribution in [0.5, 0.6) is 0 Å². The fraction of sp³-hybridized carbons (Fsp3) is 0.579. The Bertz CT molecular complexity index is 793. The third-order valence-electron chi connectivity index (χ3n) is 5.25. The third-order valence-corrected chi connectivity index (χ3v) is 5.25. The van der Waals surface area contributed by atoms with E-state index in [0.717, 1.165) is 49.9 Å². The smallest absolute Gasteiger partial charge is 0.271 e. The van der Waals surface area contributed by atoms with Gasteiger partial charge in [0, 0.05) is 32.7 Å². The van der Waals surface area contributed by atoms with Gasteiger partial charge in [-0.25, -0.2) is 0 Å². The zero-order valence-corrected chi connectivity index (χ0v) is 16.0.